The van der Waals surface area contributed by atoms with Crippen molar-refractivity contribution >= 4 is 59.9 Å². The van der Waals surface area contributed by atoms with Gasteiger partial charge in [-0.2, -0.15) is 0 Å². The molecule has 0 aliphatic carbocycles. The van der Waals surface area contributed by atoms with E-state index in [1.807, 2.05) is 24.3 Å². The Labute approximate surface area is 188 Å². The van der Waals surface area contributed by atoms with E-state index >= 15 is 0 Å². The first-order valence-electron chi connectivity index (χ1n) is 9.50. The zero-order chi connectivity index (χ0) is 21.6. The number of anilines is 2. The second kappa shape index (κ2) is 7.64. The van der Waals surface area contributed by atoms with Crippen LogP contribution in [0.2, 0.25) is 5.02 Å². The van der Waals surface area contributed by atoms with E-state index < -0.39 is 10.0 Å². The quantitative estimate of drug-likeness (QED) is 0.458. The van der Waals surface area contributed by atoms with Crippen molar-refractivity contribution in [3.05, 3.63) is 82.9 Å². The maximum Gasteiger partial charge on any atom is 0.264 e. The molecule has 9 heteroatoms. The Morgan fingerprint density at radius 2 is 1.84 bits per heavy atom. The average Bonchev–Trinajstić information content (AvgIpc) is 3.37. The van der Waals surface area contributed by atoms with E-state index in [0.717, 1.165) is 15.8 Å². The zero-order valence-corrected chi connectivity index (χ0v) is 18.5. The summed E-state index contributed by atoms with van der Waals surface area (Å²) in [5.41, 5.74) is 2.81. The third-order valence-corrected chi connectivity index (χ3v) is 8.12. The lowest BCUT2D eigenvalue weighted by atomic mass is 10.2. The Bertz CT molecular complexity index is 1420. The van der Waals surface area contributed by atoms with Crippen LogP contribution in [0.4, 0.5) is 10.8 Å². The van der Waals surface area contributed by atoms with Gasteiger partial charge in [-0.25, -0.2) is 13.4 Å². The molecule has 1 aliphatic rings. The highest BCUT2D eigenvalue weighted by molar-refractivity contribution is 7.92. The van der Waals surface area contributed by atoms with Crippen LogP contribution < -0.4 is 9.62 Å². The summed E-state index contributed by atoms with van der Waals surface area (Å²) in [5.74, 6) is -0.361. The topological polar surface area (TPSA) is 79.4 Å². The fraction of sp³-hybridized carbons (Fsp3) is 0.0909. The molecule has 0 fully saturated rings. The molecule has 1 amide bonds. The predicted octanol–water partition coefficient (Wildman–Crippen LogP) is 4.95. The fourth-order valence-electron chi connectivity index (χ4n) is 3.58. The number of benzene rings is 3. The molecule has 1 aliphatic heterocycles. The Kier molecular flexibility index (Phi) is 4.92. The number of carbonyl (C=O) groups is 1. The molecular weight excluding hydrogens is 454 g/mol. The van der Waals surface area contributed by atoms with Gasteiger partial charge in [-0.15, -0.1) is 0 Å². The maximum absolute atomic E-state index is 13.1. The van der Waals surface area contributed by atoms with E-state index in [1.165, 1.54) is 39.9 Å². The summed E-state index contributed by atoms with van der Waals surface area (Å²) >= 11 is 7.32. The SMILES string of the molecule is O=C(Nc1nc2ccc(Cl)cc2s1)c1ccc(S(=O)(=O)N2CCc3ccccc32)cc1. The van der Waals surface area contributed by atoms with Gasteiger partial charge in [0.2, 0.25) is 0 Å². The lowest BCUT2D eigenvalue weighted by Crippen LogP contribution is -2.29. The number of nitrogens with zero attached hydrogens (tertiary/aromatic N) is 2. The number of hydrogen-bond donors (Lipinski definition) is 1. The summed E-state index contributed by atoms with van der Waals surface area (Å²) in [6.07, 6.45) is 0.684. The van der Waals surface area contributed by atoms with E-state index in [4.69, 9.17) is 11.6 Å². The number of amides is 1. The minimum atomic E-state index is -3.70. The molecule has 6 nitrogen and oxygen atoms in total. The largest absolute Gasteiger partial charge is 0.298 e. The van der Waals surface area contributed by atoms with Crippen molar-refractivity contribution in [3.63, 3.8) is 0 Å². The minimum Gasteiger partial charge on any atom is -0.298 e. The van der Waals surface area contributed by atoms with Crippen molar-refractivity contribution in [1.29, 1.82) is 0 Å². The number of nitrogens with one attached hydrogen (secondary N) is 1. The Balaban J connectivity index is 1.36. The van der Waals surface area contributed by atoms with E-state index in [-0.39, 0.29) is 10.8 Å². The van der Waals surface area contributed by atoms with Crippen LogP contribution in [-0.2, 0) is 16.4 Å². The molecule has 4 aromatic rings. The molecule has 0 bridgehead atoms. The molecule has 31 heavy (non-hydrogen) atoms. The van der Waals surface area contributed by atoms with Crippen LogP contribution in [0.5, 0.6) is 0 Å². The Morgan fingerprint density at radius 3 is 2.65 bits per heavy atom. The van der Waals surface area contributed by atoms with E-state index in [2.05, 4.69) is 10.3 Å². The predicted molar refractivity (Wildman–Crippen MR) is 124 cm³/mol. The van der Waals surface area contributed by atoms with Gasteiger partial charge in [-0.3, -0.25) is 14.4 Å². The molecule has 0 saturated heterocycles. The van der Waals surface area contributed by atoms with Crippen molar-refractivity contribution in [1.82, 2.24) is 4.98 Å². The fourth-order valence-corrected chi connectivity index (χ4v) is 6.22. The molecule has 0 radical (unpaired) electrons. The van der Waals surface area contributed by atoms with Crippen LogP contribution in [0.25, 0.3) is 10.2 Å². The van der Waals surface area contributed by atoms with Crippen LogP contribution >= 0.6 is 22.9 Å². The number of thiazole rings is 1. The number of rotatable bonds is 4. The van der Waals surface area contributed by atoms with Crippen LogP contribution in [0, 0.1) is 0 Å². The molecular formula is C22H16ClN3O3S2. The van der Waals surface area contributed by atoms with Gasteiger partial charge in [0.05, 0.1) is 20.8 Å². The first-order valence-corrected chi connectivity index (χ1v) is 12.1. The number of aromatic nitrogens is 1. The van der Waals surface area contributed by atoms with Crippen LogP contribution in [0.3, 0.4) is 0 Å². The molecule has 156 valence electrons. The highest BCUT2D eigenvalue weighted by atomic mass is 35.5. The number of fused-ring (bicyclic) bond motifs is 2. The van der Waals surface area contributed by atoms with Crippen LogP contribution in [0.15, 0.2) is 71.6 Å². The summed E-state index contributed by atoms with van der Waals surface area (Å²) < 4.78 is 28.5. The van der Waals surface area contributed by atoms with Crippen LogP contribution in [0.1, 0.15) is 15.9 Å². The first-order chi connectivity index (χ1) is 14.9. The summed E-state index contributed by atoms with van der Waals surface area (Å²) in [6.45, 7) is 0.408. The first kappa shape index (κ1) is 20.0. The summed E-state index contributed by atoms with van der Waals surface area (Å²) in [6, 6.07) is 18.8. The third-order valence-electron chi connectivity index (χ3n) is 5.12. The minimum absolute atomic E-state index is 0.149. The second-order valence-electron chi connectivity index (χ2n) is 7.07. The number of sulfonamides is 1. The van der Waals surface area contributed by atoms with Gasteiger partial charge in [0.25, 0.3) is 15.9 Å². The maximum atomic E-state index is 13.1. The van der Waals surface area contributed by atoms with E-state index in [1.54, 1.807) is 18.2 Å². The third kappa shape index (κ3) is 3.67. The normalized spacial score (nSPS) is 13.4. The van der Waals surface area contributed by atoms with Crippen molar-refractivity contribution in [2.75, 3.05) is 16.2 Å². The lowest BCUT2D eigenvalue weighted by Gasteiger charge is -2.19. The molecule has 0 unspecified atom stereocenters. The van der Waals surface area contributed by atoms with Crippen molar-refractivity contribution in [2.24, 2.45) is 0 Å². The van der Waals surface area contributed by atoms with Crippen LogP contribution in [-0.4, -0.2) is 25.9 Å². The molecule has 2 heterocycles. The lowest BCUT2D eigenvalue weighted by molar-refractivity contribution is 0.102. The molecule has 5 rings (SSSR count). The summed E-state index contributed by atoms with van der Waals surface area (Å²) in [7, 11) is -3.70. The Morgan fingerprint density at radius 1 is 1.06 bits per heavy atom. The smallest absolute Gasteiger partial charge is 0.264 e. The summed E-state index contributed by atoms with van der Waals surface area (Å²) in [5, 5.41) is 3.81. The van der Waals surface area contributed by atoms with Gasteiger partial charge in [0.1, 0.15) is 0 Å². The van der Waals surface area contributed by atoms with E-state index in [0.29, 0.717) is 34.4 Å². The Hall–Kier alpha value is -2.94. The zero-order valence-electron chi connectivity index (χ0n) is 16.1. The van der Waals surface area contributed by atoms with E-state index in [9.17, 15) is 13.2 Å². The van der Waals surface area contributed by atoms with Gasteiger partial charge < -0.3 is 0 Å². The van der Waals surface area contributed by atoms with Gasteiger partial charge >= 0.3 is 0 Å². The molecule has 0 spiro atoms. The molecule has 1 N–H and O–H groups in total. The van der Waals surface area contributed by atoms with Crippen molar-refractivity contribution in [2.45, 2.75) is 11.3 Å². The van der Waals surface area contributed by atoms with Crippen molar-refractivity contribution in [3.8, 4) is 0 Å². The molecule has 0 atom stereocenters. The highest BCUT2D eigenvalue weighted by Gasteiger charge is 2.30. The van der Waals surface area contributed by atoms with Gasteiger partial charge in [0.15, 0.2) is 5.13 Å². The standard InChI is InChI=1S/C22H16ClN3O3S2/c23-16-7-10-18-20(13-16)30-22(24-18)25-21(27)15-5-8-17(9-6-15)31(28,29)26-12-11-14-3-1-2-4-19(14)26/h1-10,13H,11-12H2,(H,24,25,27). The number of hydrogen-bond acceptors (Lipinski definition) is 5. The highest BCUT2D eigenvalue weighted by Crippen LogP contribution is 2.33. The van der Waals surface area contributed by atoms with Crippen molar-refractivity contribution < 1.29 is 13.2 Å². The van der Waals surface area contributed by atoms with Gasteiger partial charge in [-0.1, -0.05) is 41.1 Å². The molecule has 3 aromatic carbocycles. The number of halogens is 1. The van der Waals surface area contributed by atoms with Gasteiger partial charge in [0, 0.05) is 17.1 Å². The number of para-hydroxylation sites is 1. The average molecular weight is 470 g/mol. The summed E-state index contributed by atoms with van der Waals surface area (Å²) in [4.78, 5) is 17.1. The number of carbonyl (C=O) groups excluding carboxylic acids is 1. The monoisotopic (exact) mass is 469 g/mol. The van der Waals surface area contributed by atoms with Gasteiger partial charge in [-0.05, 0) is 60.5 Å². The second-order valence-corrected chi connectivity index (χ2v) is 10.4. The molecule has 0 saturated carbocycles. The molecule has 1 aromatic heterocycles.